The third kappa shape index (κ3) is 4.21. The second kappa shape index (κ2) is 8.67. The lowest BCUT2D eigenvalue weighted by atomic mass is 9.99. The van der Waals surface area contributed by atoms with Crippen LogP contribution in [0.3, 0.4) is 0 Å². The topological polar surface area (TPSA) is 62.2 Å². The maximum atomic E-state index is 12.8. The van der Waals surface area contributed by atoms with Crippen molar-refractivity contribution in [2.24, 2.45) is 0 Å². The molecule has 30 heavy (non-hydrogen) atoms. The van der Waals surface area contributed by atoms with Crippen molar-refractivity contribution in [2.75, 3.05) is 11.9 Å². The number of hydrogen-bond acceptors (Lipinski definition) is 3. The molecule has 0 unspecified atom stereocenters. The first-order valence-corrected chi connectivity index (χ1v) is 10.4. The van der Waals surface area contributed by atoms with E-state index in [0.29, 0.717) is 11.2 Å². The van der Waals surface area contributed by atoms with Crippen LogP contribution < -0.4 is 10.6 Å². The molecule has 1 saturated heterocycles. The van der Waals surface area contributed by atoms with Gasteiger partial charge < -0.3 is 20.1 Å². The van der Waals surface area contributed by atoms with E-state index in [-0.39, 0.29) is 24.5 Å². The molecule has 154 valence electrons. The van der Waals surface area contributed by atoms with Gasteiger partial charge in [0.2, 0.25) is 5.91 Å². The Hall–Kier alpha value is -3.19. The zero-order valence-corrected chi connectivity index (χ0v) is 17.8. The van der Waals surface area contributed by atoms with E-state index in [1.165, 1.54) is 0 Å². The maximum Gasteiger partial charge on any atom is 0.244 e. The van der Waals surface area contributed by atoms with Crippen LogP contribution >= 0.6 is 12.2 Å². The van der Waals surface area contributed by atoms with Crippen LogP contribution in [0.15, 0.2) is 73.2 Å². The van der Waals surface area contributed by atoms with Crippen molar-refractivity contribution in [3.05, 3.63) is 84.4 Å². The average molecular weight is 420 g/mol. The number of amides is 1. The lowest BCUT2D eigenvalue weighted by Gasteiger charge is -2.26. The van der Waals surface area contributed by atoms with Gasteiger partial charge in [0.1, 0.15) is 6.54 Å². The summed E-state index contributed by atoms with van der Waals surface area (Å²) in [5.74, 6) is -0.111. The Labute approximate surface area is 181 Å². The van der Waals surface area contributed by atoms with Gasteiger partial charge >= 0.3 is 0 Å². The number of pyridine rings is 1. The molecule has 0 saturated carbocycles. The van der Waals surface area contributed by atoms with Crippen molar-refractivity contribution in [1.82, 2.24) is 19.8 Å². The molecule has 0 radical (unpaired) electrons. The minimum Gasteiger partial charge on any atom is -0.352 e. The molecule has 2 aromatic heterocycles. The van der Waals surface area contributed by atoms with Gasteiger partial charge in [-0.25, -0.2) is 0 Å². The van der Waals surface area contributed by atoms with Gasteiger partial charge in [0.05, 0.1) is 17.8 Å². The molecule has 1 fully saturated rings. The van der Waals surface area contributed by atoms with Gasteiger partial charge in [-0.3, -0.25) is 9.78 Å². The van der Waals surface area contributed by atoms with E-state index in [0.717, 1.165) is 16.9 Å². The van der Waals surface area contributed by atoms with E-state index in [9.17, 15) is 4.79 Å². The van der Waals surface area contributed by atoms with Gasteiger partial charge in [0, 0.05) is 30.3 Å². The summed E-state index contributed by atoms with van der Waals surface area (Å²) in [7, 11) is 0. The number of para-hydroxylation sites is 1. The SMILES string of the molecule is CC(C)n1ccc([C@H]2[C@H](c3ccccn3)NC(=S)N2CC(=O)Nc2ccccc2)c1. The third-order valence-corrected chi connectivity index (χ3v) is 5.60. The smallest absolute Gasteiger partial charge is 0.244 e. The number of carbonyl (C=O) groups excluding carboxylic acids is 1. The average Bonchev–Trinajstić information content (AvgIpc) is 3.35. The summed E-state index contributed by atoms with van der Waals surface area (Å²) < 4.78 is 2.16. The van der Waals surface area contributed by atoms with E-state index < -0.39 is 0 Å². The molecule has 2 N–H and O–H groups in total. The fourth-order valence-corrected chi connectivity index (χ4v) is 4.05. The van der Waals surface area contributed by atoms with Crippen LogP contribution in [0.2, 0.25) is 0 Å². The van der Waals surface area contributed by atoms with Crippen molar-refractivity contribution < 1.29 is 4.79 Å². The lowest BCUT2D eigenvalue weighted by molar-refractivity contribution is -0.116. The summed E-state index contributed by atoms with van der Waals surface area (Å²) >= 11 is 5.64. The van der Waals surface area contributed by atoms with Crippen LogP contribution in [0.4, 0.5) is 5.69 Å². The number of aromatic nitrogens is 2. The summed E-state index contributed by atoms with van der Waals surface area (Å²) in [6, 6.07) is 17.5. The summed E-state index contributed by atoms with van der Waals surface area (Å²) in [6.07, 6.45) is 5.98. The second-order valence-electron chi connectivity index (χ2n) is 7.65. The van der Waals surface area contributed by atoms with Crippen molar-refractivity contribution >= 4 is 28.9 Å². The van der Waals surface area contributed by atoms with E-state index >= 15 is 0 Å². The summed E-state index contributed by atoms with van der Waals surface area (Å²) in [4.78, 5) is 19.3. The standard InChI is InChI=1S/C23H25N5OS/c1-16(2)27-13-11-17(14-27)22-21(19-10-6-7-12-24-19)26-23(30)28(22)15-20(29)25-18-8-4-3-5-9-18/h3-14,16,21-22H,15H2,1-2H3,(H,25,29)(H,26,30)/t21-,22-/m0/s1. The fraction of sp³-hybridized carbons (Fsp3) is 0.261. The molecule has 4 rings (SSSR count). The molecule has 2 atom stereocenters. The number of nitrogens with zero attached hydrogens (tertiary/aromatic N) is 3. The van der Waals surface area contributed by atoms with Crippen molar-refractivity contribution in [1.29, 1.82) is 0 Å². The zero-order chi connectivity index (χ0) is 21.1. The molecule has 3 aromatic rings. The number of hydrogen-bond donors (Lipinski definition) is 2. The van der Waals surface area contributed by atoms with Gasteiger partial charge in [-0.15, -0.1) is 0 Å². The van der Waals surface area contributed by atoms with Gasteiger partial charge in [0.25, 0.3) is 0 Å². The first kappa shape index (κ1) is 20.1. The lowest BCUT2D eigenvalue weighted by Crippen LogP contribution is -2.37. The minimum atomic E-state index is -0.133. The molecule has 0 spiro atoms. The van der Waals surface area contributed by atoms with Gasteiger partial charge in [-0.1, -0.05) is 24.3 Å². The summed E-state index contributed by atoms with van der Waals surface area (Å²) in [5.41, 5.74) is 2.76. The van der Waals surface area contributed by atoms with E-state index in [1.54, 1.807) is 6.20 Å². The first-order chi connectivity index (χ1) is 14.5. The third-order valence-electron chi connectivity index (χ3n) is 5.24. The molecule has 0 bridgehead atoms. The first-order valence-electron chi connectivity index (χ1n) is 10.0. The zero-order valence-electron chi connectivity index (χ0n) is 17.0. The van der Waals surface area contributed by atoms with Crippen molar-refractivity contribution in [3.8, 4) is 0 Å². The summed E-state index contributed by atoms with van der Waals surface area (Å²) in [6.45, 7) is 4.44. The monoisotopic (exact) mass is 419 g/mol. The van der Waals surface area contributed by atoms with E-state index in [4.69, 9.17) is 12.2 Å². The molecule has 0 aliphatic carbocycles. The Morgan fingerprint density at radius 1 is 1.17 bits per heavy atom. The predicted octanol–water partition coefficient (Wildman–Crippen LogP) is 4.08. The molecular formula is C23H25N5OS. The number of rotatable bonds is 6. The molecule has 6 nitrogen and oxygen atoms in total. The molecule has 1 aliphatic rings. The fourth-order valence-electron chi connectivity index (χ4n) is 3.74. The van der Waals surface area contributed by atoms with Crippen LogP contribution in [0.25, 0.3) is 0 Å². The number of anilines is 1. The Morgan fingerprint density at radius 3 is 2.60 bits per heavy atom. The predicted molar refractivity (Wildman–Crippen MR) is 122 cm³/mol. The molecule has 1 amide bonds. The summed E-state index contributed by atoms with van der Waals surface area (Å²) in [5, 5.41) is 6.88. The quantitative estimate of drug-likeness (QED) is 0.590. The Kier molecular flexibility index (Phi) is 5.81. The number of nitrogens with one attached hydrogen (secondary N) is 2. The molecule has 7 heteroatoms. The highest BCUT2D eigenvalue weighted by atomic mass is 32.1. The van der Waals surface area contributed by atoms with E-state index in [1.807, 2.05) is 53.4 Å². The second-order valence-corrected chi connectivity index (χ2v) is 8.04. The Morgan fingerprint density at radius 2 is 1.93 bits per heavy atom. The van der Waals surface area contributed by atoms with Crippen LogP contribution in [0, 0.1) is 0 Å². The number of benzene rings is 1. The molecule has 1 aromatic carbocycles. The van der Waals surface area contributed by atoms with Crippen LogP contribution in [-0.4, -0.2) is 32.0 Å². The molecular weight excluding hydrogens is 394 g/mol. The Bertz CT molecular complexity index is 1020. The maximum absolute atomic E-state index is 12.8. The van der Waals surface area contributed by atoms with Crippen molar-refractivity contribution in [3.63, 3.8) is 0 Å². The van der Waals surface area contributed by atoms with Gasteiger partial charge in [-0.05, 0) is 62.0 Å². The highest BCUT2D eigenvalue weighted by molar-refractivity contribution is 7.80. The number of thiocarbonyl (C=S) groups is 1. The highest BCUT2D eigenvalue weighted by Crippen LogP contribution is 2.38. The van der Waals surface area contributed by atoms with E-state index in [2.05, 4.69) is 52.5 Å². The Balaban J connectivity index is 1.62. The highest BCUT2D eigenvalue weighted by Gasteiger charge is 2.41. The van der Waals surface area contributed by atoms with Crippen LogP contribution in [0.5, 0.6) is 0 Å². The largest absolute Gasteiger partial charge is 0.352 e. The normalized spacial score (nSPS) is 18.5. The van der Waals surface area contributed by atoms with Gasteiger partial charge in [-0.2, -0.15) is 0 Å². The molecule has 3 heterocycles. The van der Waals surface area contributed by atoms with Crippen LogP contribution in [-0.2, 0) is 4.79 Å². The van der Waals surface area contributed by atoms with Gasteiger partial charge in [0.15, 0.2) is 5.11 Å². The molecule has 1 aliphatic heterocycles. The van der Waals surface area contributed by atoms with Crippen molar-refractivity contribution in [2.45, 2.75) is 32.0 Å². The van der Waals surface area contributed by atoms with Crippen LogP contribution in [0.1, 0.15) is 43.2 Å². The minimum absolute atomic E-state index is 0.111. The number of carbonyl (C=O) groups is 1.